The van der Waals surface area contributed by atoms with Gasteiger partial charge in [0.25, 0.3) is 0 Å². The van der Waals surface area contributed by atoms with Gasteiger partial charge >= 0.3 is 17.9 Å². The Bertz CT molecular complexity index is 1150. The molecule has 0 saturated carbocycles. The number of carboxylic acid groups (broad SMARTS) is 1. The third-order valence-corrected chi connectivity index (χ3v) is 10.2. The molecule has 0 spiro atoms. The lowest BCUT2D eigenvalue weighted by molar-refractivity contribution is -0.298. The van der Waals surface area contributed by atoms with Crippen LogP contribution < -0.4 is 0 Å². The second-order valence-electron chi connectivity index (χ2n) is 15.5. The van der Waals surface area contributed by atoms with Crippen molar-refractivity contribution in [3.8, 4) is 0 Å². The van der Waals surface area contributed by atoms with Crippen LogP contribution in [0.25, 0.3) is 0 Å². The van der Waals surface area contributed by atoms with Crippen LogP contribution in [0.2, 0.25) is 0 Å². The lowest BCUT2D eigenvalue weighted by Gasteiger charge is -2.38. The summed E-state index contributed by atoms with van der Waals surface area (Å²) in [6.45, 7) is 3.67. The molecule has 0 aromatic heterocycles. The van der Waals surface area contributed by atoms with Crippen molar-refractivity contribution in [2.75, 3.05) is 13.2 Å². The van der Waals surface area contributed by atoms with Gasteiger partial charge in [0.2, 0.25) is 0 Å². The Balaban J connectivity index is 2.39. The minimum Gasteiger partial charge on any atom is -0.479 e. The standard InChI is InChI=1S/C47H80O11/c1-3-5-7-9-11-13-15-17-19-20-22-24-26-28-30-32-34-36-41(49)57-39(38-56-47-44(52)42(50)43(51)45(58-47)46(53)54)37-55-40(48)35-33-31-29-27-25-23-21-18-16-14-12-10-8-6-4-2/h6,8,12,14,18,21,25,27,39,42-45,47,50-52H,3-5,7,9-11,13,15-17,19-20,22-24,26,28-38H2,1-2H3,(H,53,54)/b8-6-,14-12-,21-18-,27-25-. The van der Waals surface area contributed by atoms with Gasteiger partial charge in [-0.05, 0) is 51.4 Å². The fourth-order valence-corrected chi connectivity index (χ4v) is 6.63. The molecular formula is C47H80O11. The van der Waals surface area contributed by atoms with Crippen molar-refractivity contribution in [2.45, 2.75) is 218 Å². The van der Waals surface area contributed by atoms with E-state index < -0.39 is 61.3 Å². The molecule has 0 aliphatic carbocycles. The zero-order valence-corrected chi connectivity index (χ0v) is 36.0. The van der Waals surface area contributed by atoms with Crippen LogP contribution in [-0.2, 0) is 33.3 Å². The number of carboxylic acids is 1. The van der Waals surface area contributed by atoms with Gasteiger partial charge in [-0.15, -0.1) is 0 Å². The van der Waals surface area contributed by atoms with Crippen molar-refractivity contribution in [2.24, 2.45) is 0 Å². The van der Waals surface area contributed by atoms with Gasteiger partial charge in [-0.25, -0.2) is 4.79 Å². The van der Waals surface area contributed by atoms with Gasteiger partial charge in [0.05, 0.1) is 6.61 Å². The summed E-state index contributed by atoms with van der Waals surface area (Å²) >= 11 is 0. The topological polar surface area (TPSA) is 169 Å². The number of unbranched alkanes of at least 4 members (excludes halogenated alkanes) is 18. The summed E-state index contributed by atoms with van der Waals surface area (Å²) in [5.41, 5.74) is 0. The molecule has 1 aliphatic rings. The molecule has 1 saturated heterocycles. The third kappa shape index (κ3) is 28.6. The maximum atomic E-state index is 12.8. The molecule has 11 heteroatoms. The first-order valence-corrected chi connectivity index (χ1v) is 22.7. The molecule has 334 valence electrons. The van der Waals surface area contributed by atoms with Crippen molar-refractivity contribution >= 4 is 17.9 Å². The van der Waals surface area contributed by atoms with E-state index in [1.807, 2.05) is 0 Å². The summed E-state index contributed by atoms with van der Waals surface area (Å²) < 4.78 is 21.7. The number of hydrogen-bond donors (Lipinski definition) is 4. The molecule has 0 aromatic carbocycles. The maximum Gasteiger partial charge on any atom is 0.335 e. The predicted molar refractivity (Wildman–Crippen MR) is 229 cm³/mol. The van der Waals surface area contributed by atoms with E-state index in [0.717, 1.165) is 57.8 Å². The molecule has 1 fully saturated rings. The molecule has 58 heavy (non-hydrogen) atoms. The van der Waals surface area contributed by atoms with Gasteiger partial charge in [-0.1, -0.05) is 165 Å². The average Bonchev–Trinajstić information content (AvgIpc) is 3.21. The Morgan fingerprint density at radius 3 is 1.53 bits per heavy atom. The highest BCUT2D eigenvalue weighted by molar-refractivity contribution is 5.73. The number of carbonyl (C=O) groups is 3. The highest BCUT2D eigenvalue weighted by Gasteiger charge is 2.47. The average molecular weight is 821 g/mol. The summed E-state index contributed by atoms with van der Waals surface area (Å²) in [4.78, 5) is 36.8. The Hall–Kier alpha value is -2.83. The van der Waals surface area contributed by atoms with E-state index in [0.29, 0.717) is 12.8 Å². The molecule has 0 amide bonds. The summed E-state index contributed by atoms with van der Waals surface area (Å²) in [7, 11) is 0. The molecule has 0 aromatic rings. The van der Waals surface area contributed by atoms with Crippen molar-refractivity contribution in [3.05, 3.63) is 48.6 Å². The maximum absolute atomic E-state index is 12.8. The van der Waals surface area contributed by atoms with Gasteiger partial charge in [0.15, 0.2) is 18.5 Å². The highest BCUT2D eigenvalue weighted by Crippen LogP contribution is 2.23. The van der Waals surface area contributed by atoms with Gasteiger partial charge in [-0.3, -0.25) is 9.59 Å². The van der Waals surface area contributed by atoms with E-state index in [1.54, 1.807) is 0 Å². The number of aliphatic hydroxyl groups is 3. The zero-order valence-electron chi connectivity index (χ0n) is 36.0. The number of hydrogen-bond acceptors (Lipinski definition) is 10. The SMILES string of the molecule is CC/C=C\C/C=C\C/C=C\C/C=C\CCCCC(=O)OCC(COC1OC(C(=O)O)C(O)C(O)C1O)OC(=O)CCCCCCCCCCCCCCCCCCC. The van der Waals surface area contributed by atoms with Crippen LogP contribution in [0.1, 0.15) is 181 Å². The minimum absolute atomic E-state index is 0.175. The van der Waals surface area contributed by atoms with E-state index in [4.69, 9.17) is 18.9 Å². The van der Waals surface area contributed by atoms with Crippen LogP contribution >= 0.6 is 0 Å². The Morgan fingerprint density at radius 1 is 0.552 bits per heavy atom. The molecule has 1 heterocycles. The first-order chi connectivity index (χ1) is 28.2. The van der Waals surface area contributed by atoms with Crippen molar-refractivity contribution < 1.29 is 53.8 Å². The second-order valence-corrected chi connectivity index (χ2v) is 15.5. The van der Waals surface area contributed by atoms with Crippen molar-refractivity contribution in [1.82, 2.24) is 0 Å². The zero-order chi connectivity index (χ0) is 42.5. The molecule has 0 bridgehead atoms. The van der Waals surface area contributed by atoms with Crippen LogP contribution in [0.15, 0.2) is 48.6 Å². The number of aliphatic carboxylic acids is 1. The van der Waals surface area contributed by atoms with E-state index in [-0.39, 0.29) is 19.4 Å². The van der Waals surface area contributed by atoms with Crippen LogP contribution in [0.4, 0.5) is 0 Å². The van der Waals surface area contributed by atoms with Crippen LogP contribution in [-0.4, -0.2) is 88.4 Å². The number of aliphatic hydroxyl groups excluding tert-OH is 3. The lowest BCUT2D eigenvalue weighted by atomic mass is 9.99. The highest BCUT2D eigenvalue weighted by atomic mass is 16.7. The first-order valence-electron chi connectivity index (χ1n) is 22.7. The number of esters is 2. The monoisotopic (exact) mass is 821 g/mol. The third-order valence-electron chi connectivity index (χ3n) is 10.2. The minimum atomic E-state index is -1.87. The molecule has 4 N–H and O–H groups in total. The van der Waals surface area contributed by atoms with E-state index in [9.17, 15) is 34.8 Å². The first kappa shape index (κ1) is 53.2. The fraction of sp³-hybridized carbons (Fsp3) is 0.766. The molecule has 6 unspecified atom stereocenters. The second kappa shape index (κ2) is 37.2. The van der Waals surface area contributed by atoms with Crippen LogP contribution in [0, 0.1) is 0 Å². The van der Waals surface area contributed by atoms with Gasteiger partial charge in [0.1, 0.15) is 24.9 Å². The molecule has 6 atom stereocenters. The van der Waals surface area contributed by atoms with Gasteiger partial charge < -0.3 is 39.4 Å². The molecule has 1 aliphatic heterocycles. The number of carbonyl (C=O) groups excluding carboxylic acids is 2. The number of rotatable bonds is 37. The van der Waals surface area contributed by atoms with Gasteiger partial charge in [0, 0.05) is 12.8 Å². The summed E-state index contributed by atoms with van der Waals surface area (Å²) in [5, 5.41) is 39.8. The van der Waals surface area contributed by atoms with E-state index >= 15 is 0 Å². The molecule has 11 nitrogen and oxygen atoms in total. The Labute approximate surface area is 350 Å². The molecule has 0 radical (unpaired) electrons. The predicted octanol–water partition coefficient (Wildman–Crippen LogP) is 9.76. The Morgan fingerprint density at radius 2 is 1.02 bits per heavy atom. The number of ether oxygens (including phenoxy) is 4. The smallest absolute Gasteiger partial charge is 0.335 e. The van der Waals surface area contributed by atoms with Crippen molar-refractivity contribution in [1.29, 1.82) is 0 Å². The fourth-order valence-electron chi connectivity index (χ4n) is 6.63. The summed E-state index contributed by atoms with van der Waals surface area (Å²) in [6.07, 6.45) is 34.5. The summed E-state index contributed by atoms with van der Waals surface area (Å²) in [5.74, 6) is -2.50. The van der Waals surface area contributed by atoms with Crippen LogP contribution in [0.3, 0.4) is 0 Å². The van der Waals surface area contributed by atoms with Gasteiger partial charge in [-0.2, -0.15) is 0 Å². The lowest BCUT2D eigenvalue weighted by Crippen LogP contribution is -2.60. The largest absolute Gasteiger partial charge is 0.479 e. The summed E-state index contributed by atoms with van der Waals surface area (Å²) in [6, 6.07) is 0. The molecule has 1 rings (SSSR count). The van der Waals surface area contributed by atoms with Crippen LogP contribution in [0.5, 0.6) is 0 Å². The normalized spacial score (nSPS) is 20.5. The molecular weight excluding hydrogens is 741 g/mol. The van der Waals surface area contributed by atoms with Crippen molar-refractivity contribution in [3.63, 3.8) is 0 Å². The van der Waals surface area contributed by atoms with E-state index in [1.165, 1.54) is 83.5 Å². The number of allylic oxidation sites excluding steroid dienone is 8. The Kier molecular flexibility index (Phi) is 34.1. The van der Waals surface area contributed by atoms with E-state index in [2.05, 4.69) is 62.5 Å². The quantitative estimate of drug-likeness (QED) is 0.0267.